The van der Waals surface area contributed by atoms with Gasteiger partial charge in [0.15, 0.2) is 5.96 Å². The lowest BCUT2D eigenvalue weighted by atomic mass is 10.0. The number of carbonyl (C=O) groups is 4. The van der Waals surface area contributed by atoms with E-state index in [0.717, 1.165) is 11.1 Å². The first kappa shape index (κ1) is 35.3. The topological polar surface area (TPSA) is 210 Å². The average molecular weight is 610 g/mol. The Morgan fingerprint density at radius 2 is 1.55 bits per heavy atom. The summed E-state index contributed by atoms with van der Waals surface area (Å²) in [5.74, 6) is -1.90. The molecule has 0 radical (unpaired) electrons. The summed E-state index contributed by atoms with van der Waals surface area (Å²) < 4.78 is 5.23. The van der Waals surface area contributed by atoms with Crippen LogP contribution >= 0.6 is 0 Å². The van der Waals surface area contributed by atoms with Crippen molar-refractivity contribution < 1.29 is 29.0 Å². The summed E-state index contributed by atoms with van der Waals surface area (Å²) in [6, 6.07) is 15.4. The van der Waals surface area contributed by atoms with E-state index in [4.69, 9.17) is 16.2 Å². The van der Waals surface area contributed by atoms with Crippen LogP contribution in [0.4, 0.5) is 4.79 Å². The van der Waals surface area contributed by atoms with Crippen molar-refractivity contribution in [1.29, 1.82) is 0 Å². The van der Waals surface area contributed by atoms with E-state index in [1.807, 2.05) is 50.2 Å². The van der Waals surface area contributed by atoms with Crippen molar-refractivity contribution in [2.24, 2.45) is 22.4 Å². The third-order valence-electron chi connectivity index (χ3n) is 6.44. The summed E-state index contributed by atoms with van der Waals surface area (Å²) in [7, 11) is 0. The van der Waals surface area contributed by atoms with E-state index in [2.05, 4.69) is 26.3 Å². The van der Waals surface area contributed by atoms with Gasteiger partial charge >= 0.3 is 6.09 Å². The van der Waals surface area contributed by atoms with E-state index < -0.39 is 42.6 Å². The second-order valence-electron chi connectivity index (χ2n) is 10.3. The zero-order valence-corrected chi connectivity index (χ0v) is 25.1. The maximum Gasteiger partial charge on any atom is 0.408 e. The van der Waals surface area contributed by atoms with Gasteiger partial charge in [-0.2, -0.15) is 0 Å². The molecule has 2 aromatic rings. The van der Waals surface area contributed by atoms with Crippen LogP contribution in [-0.4, -0.2) is 72.7 Å². The number of hydrogen-bond donors (Lipinski definition) is 7. The fourth-order valence-electron chi connectivity index (χ4n) is 3.89. The zero-order chi connectivity index (χ0) is 32.3. The summed E-state index contributed by atoms with van der Waals surface area (Å²) in [6.45, 7) is 3.34. The van der Waals surface area contributed by atoms with E-state index in [1.165, 1.54) is 6.08 Å². The molecule has 3 atom stereocenters. The normalized spacial score (nSPS) is 12.9. The Bertz CT molecular complexity index is 1250. The molecule has 3 unspecified atom stereocenters. The zero-order valence-electron chi connectivity index (χ0n) is 25.1. The van der Waals surface area contributed by atoms with Gasteiger partial charge in [0, 0.05) is 25.2 Å². The summed E-state index contributed by atoms with van der Waals surface area (Å²) in [4.78, 5) is 54.9. The van der Waals surface area contributed by atoms with Gasteiger partial charge in [-0.05, 0) is 36.0 Å². The van der Waals surface area contributed by atoms with Crippen molar-refractivity contribution in [2.75, 3.05) is 19.7 Å². The lowest BCUT2D eigenvalue weighted by Crippen LogP contribution is -2.57. The molecule has 0 aliphatic rings. The SMILES string of the molecule is CC(C)C(CNC(=O)/C=C/c1ccccc1)NC(=O)C(CO)NC(=O)C(CCCN=C(N)N)NC(=O)OCc1ccccc1. The third-order valence-corrected chi connectivity index (χ3v) is 6.44. The molecule has 0 saturated heterocycles. The lowest BCUT2D eigenvalue weighted by Gasteiger charge is -2.26. The number of ether oxygens (including phenoxy) is 1. The van der Waals surface area contributed by atoms with Crippen molar-refractivity contribution in [2.45, 2.75) is 51.4 Å². The van der Waals surface area contributed by atoms with Crippen molar-refractivity contribution >= 4 is 35.9 Å². The monoisotopic (exact) mass is 609 g/mol. The number of rotatable bonds is 17. The number of nitrogens with two attached hydrogens (primary N) is 2. The molecule has 0 spiro atoms. The minimum atomic E-state index is -1.32. The van der Waals surface area contributed by atoms with Crippen molar-refractivity contribution in [3.8, 4) is 0 Å². The fraction of sp³-hybridized carbons (Fsp3) is 0.387. The second-order valence-corrected chi connectivity index (χ2v) is 10.3. The largest absolute Gasteiger partial charge is 0.445 e. The van der Waals surface area contributed by atoms with Crippen LogP contribution in [0.2, 0.25) is 0 Å². The number of alkyl carbamates (subject to hydrolysis) is 1. The summed E-state index contributed by atoms with van der Waals surface area (Å²) in [5.41, 5.74) is 12.3. The Morgan fingerprint density at radius 3 is 2.16 bits per heavy atom. The first-order valence-electron chi connectivity index (χ1n) is 14.3. The predicted octanol–water partition coefficient (Wildman–Crippen LogP) is 0.783. The van der Waals surface area contributed by atoms with Crippen LogP contribution in [0.1, 0.15) is 37.8 Å². The average Bonchev–Trinajstić information content (AvgIpc) is 3.01. The van der Waals surface area contributed by atoms with Crippen molar-refractivity contribution in [3.63, 3.8) is 0 Å². The van der Waals surface area contributed by atoms with E-state index in [9.17, 15) is 24.3 Å². The quantitative estimate of drug-likeness (QED) is 0.0588. The number of benzene rings is 2. The number of guanidine groups is 1. The standard InChI is InChI=1S/C31H43N7O6/c1-21(2)25(18-35-27(40)16-15-22-10-5-3-6-11-22)36-29(42)26(19-39)37-28(41)24(14-9-17-34-30(32)33)38-31(43)44-20-23-12-7-4-8-13-23/h3-8,10-13,15-16,21,24-26,39H,9,14,17-20H2,1-2H3,(H,35,40)(H,36,42)(H,37,41)(H,38,43)(H4,32,33,34)/b16-15+. The van der Waals surface area contributed by atoms with Gasteiger partial charge in [-0.1, -0.05) is 74.5 Å². The summed E-state index contributed by atoms with van der Waals surface area (Å²) >= 11 is 0. The Kier molecular flexibility index (Phi) is 15.5. The highest BCUT2D eigenvalue weighted by molar-refractivity contribution is 5.92. The van der Waals surface area contributed by atoms with E-state index in [0.29, 0.717) is 6.42 Å². The van der Waals surface area contributed by atoms with E-state index in [-0.39, 0.29) is 43.9 Å². The van der Waals surface area contributed by atoms with Crippen LogP contribution in [0.15, 0.2) is 71.7 Å². The van der Waals surface area contributed by atoms with Crippen LogP contribution in [0, 0.1) is 5.92 Å². The second kappa shape index (κ2) is 19.3. The van der Waals surface area contributed by atoms with Crippen LogP contribution in [0.3, 0.4) is 0 Å². The molecule has 0 fully saturated rings. The molecule has 44 heavy (non-hydrogen) atoms. The Morgan fingerprint density at radius 1 is 0.909 bits per heavy atom. The van der Waals surface area contributed by atoms with Crippen LogP contribution in [0.5, 0.6) is 0 Å². The minimum Gasteiger partial charge on any atom is -0.445 e. The molecule has 13 heteroatoms. The van der Waals surface area contributed by atoms with Crippen LogP contribution in [-0.2, 0) is 25.7 Å². The number of hydrogen-bond acceptors (Lipinski definition) is 7. The van der Waals surface area contributed by atoms with Gasteiger partial charge in [-0.3, -0.25) is 19.4 Å². The molecule has 238 valence electrons. The molecule has 13 nitrogen and oxygen atoms in total. The fourth-order valence-corrected chi connectivity index (χ4v) is 3.89. The molecule has 9 N–H and O–H groups in total. The lowest BCUT2D eigenvalue weighted by molar-refractivity contribution is -0.131. The molecule has 0 aliphatic carbocycles. The van der Waals surface area contributed by atoms with Gasteiger partial charge in [0.2, 0.25) is 17.7 Å². The van der Waals surface area contributed by atoms with E-state index in [1.54, 1.807) is 30.3 Å². The molecule has 2 aromatic carbocycles. The first-order chi connectivity index (χ1) is 21.1. The molecular weight excluding hydrogens is 566 g/mol. The summed E-state index contributed by atoms with van der Waals surface area (Å²) in [6.07, 6.45) is 2.70. The van der Waals surface area contributed by atoms with Gasteiger partial charge in [-0.15, -0.1) is 0 Å². The molecule has 4 amide bonds. The van der Waals surface area contributed by atoms with Crippen LogP contribution < -0.4 is 32.7 Å². The maximum absolute atomic E-state index is 13.2. The van der Waals surface area contributed by atoms with Gasteiger partial charge < -0.3 is 42.6 Å². The molecule has 2 rings (SSSR count). The number of aliphatic imine (C=N–C) groups is 1. The van der Waals surface area contributed by atoms with Gasteiger partial charge in [0.25, 0.3) is 0 Å². The molecule has 0 bridgehead atoms. The van der Waals surface area contributed by atoms with Gasteiger partial charge in [-0.25, -0.2) is 4.79 Å². The Labute approximate surface area is 257 Å². The summed E-state index contributed by atoms with van der Waals surface area (Å²) in [5, 5.41) is 20.5. The highest BCUT2D eigenvalue weighted by atomic mass is 16.5. The Balaban J connectivity index is 1.98. The Hall–Kier alpha value is -4.91. The smallest absolute Gasteiger partial charge is 0.408 e. The molecule has 0 aromatic heterocycles. The molecule has 0 saturated carbocycles. The highest BCUT2D eigenvalue weighted by Crippen LogP contribution is 2.06. The predicted molar refractivity (Wildman–Crippen MR) is 168 cm³/mol. The number of nitrogens with zero attached hydrogens (tertiary/aromatic N) is 1. The van der Waals surface area contributed by atoms with Crippen molar-refractivity contribution in [1.82, 2.24) is 21.3 Å². The third kappa shape index (κ3) is 13.8. The number of carbonyl (C=O) groups excluding carboxylic acids is 4. The number of aliphatic hydroxyl groups excluding tert-OH is 1. The number of amides is 4. The van der Waals surface area contributed by atoms with Crippen molar-refractivity contribution in [3.05, 3.63) is 77.9 Å². The molecular formula is C31H43N7O6. The minimum absolute atomic E-state index is 0.00808. The van der Waals surface area contributed by atoms with Crippen LogP contribution in [0.25, 0.3) is 6.08 Å². The first-order valence-corrected chi connectivity index (χ1v) is 14.3. The van der Waals surface area contributed by atoms with E-state index >= 15 is 0 Å². The molecule has 0 heterocycles. The van der Waals surface area contributed by atoms with Gasteiger partial charge in [0.1, 0.15) is 18.7 Å². The maximum atomic E-state index is 13.2. The van der Waals surface area contributed by atoms with Gasteiger partial charge in [0.05, 0.1) is 6.61 Å². The number of nitrogens with one attached hydrogen (secondary N) is 4. The number of aliphatic hydroxyl groups is 1. The molecule has 0 aliphatic heterocycles. The highest BCUT2D eigenvalue weighted by Gasteiger charge is 2.28.